The molecule has 0 bridgehead atoms. The zero-order valence-corrected chi connectivity index (χ0v) is 25.0. The van der Waals surface area contributed by atoms with Crippen LogP contribution in [-0.4, -0.2) is 66.8 Å². The summed E-state index contributed by atoms with van der Waals surface area (Å²) in [6, 6.07) is 5.46. The highest BCUT2D eigenvalue weighted by Crippen LogP contribution is 2.34. The van der Waals surface area contributed by atoms with Crippen LogP contribution in [0.2, 0.25) is 5.02 Å². The molecular weight excluding hydrogens is 586 g/mol. The smallest absolute Gasteiger partial charge is 0.348 e. The number of anilines is 1. The summed E-state index contributed by atoms with van der Waals surface area (Å²) in [5, 5.41) is 3.45. The summed E-state index contributed by atoms with van der Waals surface area (Å²) >= 11 is 9.49. The molecule has 1 aromatic carbocycles. The number of methoxy groups -OCH3 is 1. The fourth-order valence-electron chi connectivity index (χ4n) is 3.51. The molecule has 1 N–H and O–H groups in total. The molecule has 3 rings (SSSR count). The van der Waals surface area contributed by atoms with Crippen molar-refractivity contribution in [2.75, 3.05) is 43.8 Å². The van der Waals surface area contributed by atoms with Crippen molar-refractivity contribution in [1.82, 2.24) is 4.57 Å². The standard InChI is InChI=1S/C25H28ClN3O7S3/c1-5-35-23(32)20-14(3)21(24(33)36-6-2)39-22(20)27-18(30)12-37-13-19(31)28-25-29(9-10-34-4)16-8-7-15(26)11-17(16)38-25/h7-8,11H,5-6,9-10,12-13H2,1-4H3,(H,27,30). The van der Waals surface area contributed by atoms with Gasteiger partial charge < -0.3 is 24.1 Å². The molecule has 0 aliphatic rings. The first-order chi connectivity index (χ1) is 18.7. The van der Waals surface area contributed by atoms with Crippen LogP contribution < -0.4 is 10.1 Å². The highest BCUT2D eigenvalue weighted by molar-refractivity contribution is 8.00. The lowest BCUT2D eigenvalue weighted by molar-refractivity contribution is -0.115. The fraction of sp³-hybridized carbons (Fsp3) is 0.400. The number of fused-ring (bicyclic) bond motifs is 1. The van der Waals surface area contributed by atoms with Crippen LogP contribution in [0.4, 0.5) is 5.00 Å². The second-order valence-corrected chi connectivity index (χ2v) is 11.3. The molecular formula is C25H28ClN3O7S3. The van der Waals surface area contributed by atoms with Gasteiger partial charge in [-0.2, -0.15) is 4.99 Å². The van der Waals surface area contributed by atoms with E-state index in [2.05, 4.69) is 10.3 Å². The van der Waals surface area contributed by atoms with Crippen LogP contribution in [0.5, 0.6) is 0 Å². The Morgan fingerprint density at radius 2 is 1.79 bits per heavy atom. The van der Waals surface area contributed by atoms with Gasteiger partial charge in [-0.3, -0.25) is 9.59 Å². The molecule has 0 saturated heterocycles. The molecule has 0 atom stereocenters. The second-order valence-electron chi connectivity index (χ2n) is 7.89. The zero-order chi connectivity index (χ0) is 28.5. The van der Waals surface area contributed by atoms with Crippen LogP contribution in [0.15, 0.2) is 23.2 Å². The molecule has 0 spiro atoms. The van der Waals surface area contributed by atoms with Crippen molar-refractivity contribution < 1.29 is 33.4 Å². The Labute approximate surface area is 242 Å². The van der Waals surface area contributed by atoms with Crippen molar-refractivity contribution in [2.24, 2.45) is 4.99 Å². The summed E-state index contributed by atoms with van der Waals surface area (Å²) in [4.78, 5) is 55.1. The van der Waals surface area contributed by atoms with Gasteiger partial charge in [-0.05, 0) is 44.5 Å². The van der Waals surface area contributed by atoms with Crippen molar-refractivity contribution in [2.45, 2.75) is 27.3 Å². The van der Waals surface area contributed by atoms with Crippen LogP contribution in [-0.2, 0) is 30.3 Å². The molecule has 3 aromatic rings. The highest BCUT2D eigenvalue weighted by atomic mass is 35.5. The van der Waals surface area contributed by atoms with Crippen LogP contribution in [0.3, 0.4) is 0 Å². The number of hydrogen-bond donors (Lipinski definition) is 1. The number of ether oxygens (including phenoxy) is 3. The second kappa shape index (κ2) is 14.6. The van der Waals surface area contributed by atoms with E-state index in [0.717, 1.165) is 33.3 Å². The quantitative estimate of drug-likeness (QED) is 0.296. The number of benzene rings is 1. The number of halogens is 1. The summed E-state index contributed by atoms with van der Waals surface area (Å²) < 4.78 is 18.1. The maximum absolute atomic E-state index is 12.7. The fourth-order valence-corrected chi connectivity index (χ4v) is 6.56. The minimum atomic E-state index is -0.648. The molecule has 2 amide bonds. The molecule has 0 unspecified atom stereocenters. The summed E-state index contributed by atoms with van der Waals surface area (Å²) in [5.74, 6) is -2.18. The van der Waals surface area contributed by atoms with E-state index in [0.29, 0.717) is 28.5 Å². The number of esters is 2. The van der Waals surface area contributed by atoms with E-state index < -0.39 is 23.8 Å². The first kappa shape index (κ1) is 30.8. The molecule has 2 aromatic heterocycles. The maximum atomic E-state index is 12.7. The SMILES string of the molecule is CCOC(=O)c1sc(NC(=O)CSCC(=O)N=c2sc3cc(Cl)ccc3n2CCOC)c(C(=O)OCC)c1C. The summed E-state index contributed by atoms with van der Waals surface area (Å²) in [6.45, 7) is 6.20. The highest BCUT2D eigenvalue weighted by Gasteiger charge is 2.27. The molecule has 0 saturated carbocycles. The number of hydrogen-bond acceptors (Lipinski definition) is 10. The average Bonchev–Trinajstić information content (AvgIpc) is 3.38. The predicted octanol–water partition coefficient (Wildman–Crippen LogP) is 4.53. The van der Waals surface area contributed by atoms with Gasteiger partial charge in [0, 0.05) is 18.7 Å². The van der Waals surface area contributed by atoms with Crippen molar-refractivity contribution in [1.29, 1.82) is 0 Å². The summed E-state index contributed by atoms with van der Waals surface area (Å²) in [6.07, 6.45) is 0. The van der Waals surface area contributed by atoms with Crippen molar-refractivity contribution in [3.8, 4) is 0 Å². The Morgan fingerprint density at radius 3 is 2.49 bits per heavy atom. The van der Waals surface area contributed by atoms with Gasteiger partial charge in [0.05, 0.1) is 47.1 Å². The number of nitrogens with one attached hydrogen (secondary N) is 1. The number of nitrogens with zero attached hydrogens (tertiary/aromatic N) is 2. The molecule has 0 aliphatic heterocycles. The monoisotopic (exact) mass is 613 g/mol. The lowest BCUT2D eigenvalue weighted by Crippen LogP contribution is -2.20. The number of thiophene rings is 1. The molecule has 14 heteroatoms. The van der Waals surface area contributed by atoms with E-state index in [-0.39, 0.29) is 40.2 Å². The lowest BCUT2D eigenvalue weighted by Gasteiger charge is -2.07. The number of carbonyl (C=O) groups excluding carboxylic acids is 4. The number of carbonyl (C=O) groups is 4. The van der Waals surface area contributed by atoms with Crippen LogP contribution in [0.25, 0.3) is 10.2 Å². The topological polar surface area (TPSA) is 125 Å². The summed E-state index contributed by atoms with van der Waals surface area (Å²) in [7, 11) is 1.60. The Kier molecular flexibility index (Phi) is 11.5. The first-order valence-corrected chi connectivity index (χ1v) is 15.1. The van der Waals surface area contributed by atoms with E-state index in [4.69, 9.17) is 25.8 Å². The van der Waals surface area contributed by atoms with Crippen LogP contribution in [0, 0.1) is 6.92 Å². The third kappa shape index (κ3) is 7.92. The van der Waals surface area contributed by atoms with Gasteiger partial charge in [-0.1, -0.05) is 22.9 Å². The Hall–Kier alpha value is -2.71. The maximum Gasteiger partial charge on any atom is 0.348 e. The summed E-state index contributed by atoms with van der Waals surface area (Å²) in [5.41, 5.74) is 1.38. The average molecular weight is 614 g/mol. The van der Waals surface area contributed by atoms with Gasteiger partial charge in [0.1, 0.15) is 9.88 Å². The number of rotatable bonds is 12. The molecule has 0 fully saturated rings. The van der Waals surface area contributed by atoms with E-state index in [9.17, 15) is 19.2 Å². The van der Waals surface area contributed by atoms with E-state index >= 15 is 0 Å². The third-order valence-electron chi connectivity index (χ3n) is 5.18. The van der Waals surface area contributed by atoms with Gasteiger partial charge in [-0.25, -0.2) is 9.59 Å². The van der Waals surface area contributed by atoms with E-state index in [1.165, 1.54) is 11.3 Å². The molecule has 0 radical (unpaired) electrons. The first-order valence-electron chi connectivity index (χ1n) is 11.9. The Balaban J connectivity index is 1.70. The Bertz CT molecular complexity index is 1440. The van der Waals surface area contributed by atoms with Gasteiger partial charge in [-0.15, -0.1) is 23.1 Å². The van der Waals surface area contributed by atoms with Gasteiger partial charge >= 0.3 is 11.9 Å². The number of thiazole rings is 1. The van der Waals surface area contributed by atoms with Crippen LogP contribution in [0.1, 0.15) is 39.4 Å². The minimum absolute atomic E-state index is 0.0328. The zero-order valence-electron chi connectivity index (χ0n) is 21.8. The largest absolute Gasteiger partial charge is 0.462 e. The Morgan fingerprint density at radius 1 is 1.08 bits per heavy atom. The minimum Gasteiger partial charge on any atom is -0.462 e. The van der Waals surface area contributed by atoms with Gasteiger partial charge in [0.25, 0.3) is 5.91 Å². The third-order valence-corrected chi connectivity index (χ3v) is 8.56. The molecule has 210 valence electrons. The van der Waals surface area contributed by atoms with Gasteiger partial charge in [0.2, 0.25) is 5.91 Å². The van der Waals surface area contributed by atoms with Crippen molar-refractivity contribution in [3.05, 3.63) is 44.0 Å². The number of amides is 2. The predicted molar refractivity (Wildman–Crippen MR) is 154 cm³/mol. The molecule has 10 nitrogen and oxygen atoms in total. The van der Waals surface area contributed by atoms with Crippen LogP contribution >= 0.6 is 46.0 Å². The lowest BCUT2D eigenvalue weighted by atomic mass is 10.1. The van der Waals surface area contributed by atoms with E-state index in [1.807, 2.05) is 16.7 Å². The normalized spacial score (nSPS) is 11.6. The molecule has 2 heterocycles. The molecule has 39 heavy (non-hydrogen) atoms. The van der Waals surface area contributed by atoms with Crippen molar-refractivity contribution in [3.63, 3.8) is 0 Å². The van der Waals surface area contributed by atoms with E-state index in [1.54, 1.807) is 33.9 Å². The number of aromatic nitrogens is 1. The van der Waals surface area contributed by atoms with Crippen molar-refractivity contribution >= 4 is 85.0 Å². The number of thioether (sulfide) groups is 1. The molecule has 0 aliphatic carbocycles. The van der Waals surface area contributed by atoms with Gasteiger partial charge in [0.15, 0.2) is 4.80 Å².